The summed E-state index contributed by atoms with van der Waals surface area (Å²) >= 11 is 0. The van der Waals surface area contributed by atoms with E-state index >= 15 is 0 Å². The van der Waals surface area contributed by atoms with Gasteiger partial charge in [0.25, 0.3) is 0 Å². The summed E-state index contributed by atoms with van der Waals surface area (Å²) in [4.78, 5) is 12.2. The number of carbonyl (C=O) groups is 1. The van der Waals surface area contributed by atoms with Gasteiger partial charge >= 0.3 is 0 Å². The Labute approximate surface area is 55.1 Å². The zero-order valence-electron chi connectivity index (χ0n) is 6.01. The minimum Gasteiger partial charge on any atom is -0.395 e. The lowest BCUT2D eigenvalue weighted by Gasteiger charge is -2.04. The van der Waals surface area contributed by atoms with E-state index in [2.05, 4.69) is 0 Å². The van der Waals surface area contributed by atoms with Crippen LogP contribution in [0.25, 0.3) is 0 Å². The Morgan fingerprint density at radius 3 is 2.11 bits per heavy atom. The second kappa shape index (κ2) is 3.12. The van der Waals surface area contributed by atoms with E-state index in [4.69, 9.17) is 5.73 Å². The Morgan fingerprint density at radius 1 is 1.56 bits per heavy atom. The number of rotatable bonds is 2. The highest BCUT2D eigenvalue weighted by atomic mass is 16.1. The van der Waals surface area contributed by atoms with Gasteiger partial charge in [0.15, 0.2) is 5.78 Å². The molecular weight excluding hydrogens is 116 g/mol. The van der Waals surface area contributed by atoms with Crippen LogP contribution in [0.3, 0.4) is 0 Å². The standard InChI is InChI=1S/C6H12N2O/c1-5(9)6(7)4-8(2)3/h4H,7H2,1-3H3/b6-4-. The number of nitrogens with zero attached hydrogens (tertiary/aromatic N) is 1. The highest BCUT2D eigenvalue weighted by Crippen LogP contribution is 1.86. The van der Waals surface area contributed by atoms with E-state index < -0.39 is 0 Å². The molecule has 52 valence electrons. The van der Waals surface area contributed by atoms with Crippen LogP contribution in [-0.2, 0) is 4.79 Å². The molecule has 0 atom stereocenters. The molecule has 3 nitrogen and oxygen atoms in total. The number of hydrogen-bond acceptors (Lipinski definition) is 3. The van der Waals surface area contributed by atoms with E-state index in [0.717, 1.165) is 0 Å². The maximum absolute atomic E-state index is 10.5. The van der Waals surface area contributed by atoms with Crippen LogP contribution in [0.2, 0.25) is 0 Å². The molecule has 0 unspecified atom stereocenters. The first-order valence-electron chi connectivity index (χ1n) is 2.68. The maximum atomic E-state index is 10.5. The summed E-state index contributed by atoms with van der Waals surface area (Å²) in [7, 11) is 3.63. The minimum atomic E-state index is -0.0938. The molecule has 0 aliphatic rings. The van der Waals surface area contributed by atoms with Crippen LogP contribution < -0.4 is 5.73 Å². The van der Waals surface area contributed by atoms with Crippen molar-refractivity contribution in [1.29, 1.82) is 0 Å². The molecule has 0 heterocycles. The van der Waals surface area contributed by atoms with Gasteiger partial charge in [0, 0.05) is 27.2 Å². The van der Waals surface area contributed by atoms with Crippen molar-refractivity contribution >= 4 is 5.78 Å². The quantitative estimate of drug-likeness (QED) is 0.530. The van der Waals surface area contributed by atoms with Gasteiger partial charge in [-0.3, -0.25) is 4.79 Å². The zero-order chi connectivity index (χ0) is 7.44. The molecule has 0 bridgehead atoms. The summed E-state index contributed by atoms with van der Waals surface area (Å²) in [5.74, 6) is -0.0938. The number of nitrogens with two attached hydrogens (primary N) is 1. The average Bonchev–Trinajstić information content (AvgIpc) is 1.63. The Morgan fingerprint density at radius 2 is 2.00 bits per heavy atom. The molecule has 0 saturated carbocycles. The van der Waals surface area contributed by atoms with Crippen LogP contribution in [-0.4, -0.2) is 24.8 Å². The molecule has 0 spiro atoms. The third-order valence-electron chi connectivity index (χ3n) is 0.804. The van der Waals surface area contributed by atoms with Crippen molar-refractivity contribution in [3.05, 3.63) is 11.9 Å². The monoisotopic (exact) mass is 128 g/mol. The molecule has 0 saturated heterocycles. The highest BCUT2D eigenvalue weighted by Gasteiger charge is 1.94. The van der Waals surface area contributed by atoms with Crippen molar-refractivity contribution in [2.45, 2.75) is 6.92 Å². The summed E-state index contributed by atoms with van der Waals surface area (Å²) in [6.45, 7) is 1.44. The Bertz CT molecular complexity index is 138. The van der Waals surface area contributed by atoms with Crippen LogP contribution in [0.1, 0.15) is 6.92 Å². The minimum absolute atomic E-state index is 0.0938. The molecule has 0 aromatic heterocycles. The summed E-state index contributed by atoms with van der Waals surface area (Å²) in [6.07, 6.45) is 1.59. The van der Waals surface area contributed by atoms with Gasteiger partial charge in [-0.25, -0.2) is 0 Å². The number of hydrogen-bond donors (Lipinski definition) is 1. The number of carbonyl (C=O) groups excluding carboxylic acids is 1. The van der Waals surface area contributed by atoms with Crippen molar-refractivity contribution in [2.75, 3.05) is 14.1 Å². The van der Waals surface area contributed by atoms with E-state index in [1.54, 1.807) is 11.1 Å². The van der Waals surface area contributed by atoms with Crippen molar-refractivity contribution in [3.63, 3.8) is 0 Å². The fourth-order valence-corrected chi connectivity index (χ4v) is 0.369. The van der Waals surface area contributed by atoms with Crippen molar-refractivity contribution in [1.82, 2.24) is 4.90 Å². The first-order chi connectivity index (χ1) is 4.04. The van der Waals surface area contributed by atoms with Gasteiger partial charge in [0.2, 0.25) is 0 Å². The lowest BCUT2D eigenvalue weighted by atomic mass is 10.3. The maximum Gasteiger partial charge on any atom is 0.176 e. The van der Waals surface area contributed by atoms with Crippen LogP contribution in [0.5, 0.6) is 0 Å². The molecule has 0 aliphatic heterocycles. The molecule has 2 N–H and O–H groups in total. The van der Waals surface area contributed by atoms with Crippen molar-refractivity contribution in [3.8, 4) is 0 Å². The molecule has 3 heteroatoms. The molecule has 0 aliphatic carbocycles. The predicted molar refractivity (Wildman–Crippen MR) is 36.6 cm³/mol. The fraction of sp³-hybridized carbons (Fsp3) is 0.500. The van der Waals surface area contributed by atoms with Gasteiger partial charge in [-0.05, 0) is 0 Å². The molecule has 0 radical (unpaired) electrons. The number of ketones is 1. The molecule has 0 aromatic carbocycles. The summed E-state index contributed by atoms with van der Waals surface area (Å²) in [5.41, 5.74) is 5.58. The third-order valence-corrected chi connectivity index (χ3v) is 0.804. The van der Waals surface area contributed by atoms with E-state index in [1.807, 2.05) is 14.1 Å². The van der Waals surface area contributed by atoms with Crippen LogP contribution in [0, 0.1) is 0 Å². The lowest BCUT2D eigenvalue weighted by molar-refractivity contribution is -0.113. The van der Waals surface area contributed by atoms with Gasteiger partial charge < -0.3 is 10.6 Å². The average molecular weight is 128 g/mol. The summed E-state index contributed by atoms with van der Waals surface area (Å²) < 4.78 is 0. The van der Waals surface area contributed by atoms with Gasteiger partial charge in [-0.15, -0.1) is 0 Å². The fourth-order valence-electron chi connectivity index (χ4n) is 0.369. The highest BCUT2D eigenvalue weighted by molar-refractivity contribution is 5.92. The predicted octanol–water partition coefficient (Wildman–Crippen LogP) is -0.0629. The zero-order valence-corrected chi connectivity index (χ0v) is 6.01. The van der Waals surface area contributed by atoms with Crippen molar-refractivity contribution < 1.29 is 4.79 Å². The summed E-state index contributed by atoms with van der Waals surface area (Å²) in [5, 5.41) is 0. The second-order valence-electron chi connectivity index (χ2n) is 2.10. The first-order valence-corrected chi connectivity index (χ1v) is 2.68. The molecule has 0 fully saturated rings. The first kappa shape index (κ1) is 8.01. The molecular formula is C6H12N2O. The van der Waals surface area contributed by atoms with Crippen LogP contribution >= 0.6 is 0 Å². The second-order valence-corrected chi connectivity index (χ2v) is 2.10. The van der Waals surface area contributed by atoms with E-state index in [-0.39, 0.29) is 5.78 Å². The van der Waals surface area contributed by atoms with Crippen LogP contribution in [0.4, 0.5) is 0 Å². The lowest BCUT2D eigenvalue weighted by Crippen LogP contribution is -2.12. The number of Topliss-reactive ketones (excluding diaryl/α,β-unsaturated/α-hetero) is 1. The van der Waals surface area contributed by atoms with Crippen LogP contribution in [0.15, 0.2) is 11.9 Å². The molecule has 0 rings (SSSR count). The van der Waals surface area contributed by atoms with E-state index in [0.29, 0.717) is 5.70 Å². The number of allylic oxidation sites excluding steroid dienone is 1. The molecule has 9 heavy (non-hydrogen) atoms. The van der Waals surface area contributed by atoms with Crippen molar-refractivity contribution in [2.24, 2.45) is 5.73 Å². The SMILES string of the molecule is CC(=O)/C(N)=C/N(C)C. The van der Waals surface area contributed by atoms with E-state index in [9.17, 15) is 4.79 Å². The van der Waals surface area contributed by atoms with Gasteiger partial charge in [0.1, 0.15) is 0 Å². The van der Waals surface area contributed by atoms with Gasteiger partial charge in [-0.1, -0.05) is 0 Å². The van der Waals surface area contributed by atoms with Gasteiger partial charge in [0.05, 0.1) is 5.70 Å². The normalized spacial score (nSPS) is 11.2. The smallest absolute Gasteiger partial charge is 0.176 e. The molecule has 0 aromatic rings. The van der Waals surface area contributed by atoms with E-state index in [1.165, 1.54) is 6.92 Å². The Balaban J connectivity index is 4.00. The Hall–Kier alpha value is -0.990. The largest absolute Gasteiger partial charge is 0.395 e. The third kappa shape index (κ3) is 3.58. The summed E-state index contributed by atoms with van der Waals surface area (Å²) in [6, 6.07) is 0. The van der Waals surface area contributed by atoms with Gasteiger partial charge in [-0.2, -0.15) is 0 Å². The topological polar surface area (TPSA) is 46.3 Å². The molecule has 0 amide bonds. The Kier molecular flexibility index (Phi) is 2.78.